The summed E-state index contributed by atoms with van der Waals surface area (Å²) < 4.78 is 0. The van der Waals surface area contributed by atoms with E-state index in [0.29, 0.717) is 17.9 Å². The van der Waals surface area contributed by atoms with E-state index in [9.17, 15) is 9.59 Å². The molecule has 30 heavy (non-hydrogen) atoms. The molecule has 1 aliphatic heterocycles. The van der Waals surface area contributed by atoms with E-state index >= 15 is 0 Å². The third-order valence-electron chi connectivity index (χ3n) is 5.26. The Balaban J connectivity index is 1.52. The summed E-state index contributed by atoms with van der Waals surface area (Å²) in [5, 5.41) is 4.92. The summed E-state index contributed by atoms with van der Waals surface area (Å²) in [7, 11) is 0. The zero-order chi connectivity index (χ0) is 20.9. The third kappa shape index (κ3) is 4.45. The fraction of sp³-hybridized carbons (Fsp3) is 0.250. The number of nitrogens with one attached hydrogen (secondary N) is 1. The lowest BCUT2D eigenvalue weighted by Gasteiger charge is -2.29. The van der Waals surface area contributed by atoms with E-state index in [0.717, 1.165) is 16.9 Å². The SMILES string of the molecule is Cc1ccccc1C(=O)N1C(C(=O)NCCc2ccccc2)CSC1c1cccs1. The van der Waals surface area contributed by atoms with Crippen molar-refractivity contribution in [3.63, 3.8) is 0 Å². The number of aryl methyl sites for hydroxylation is 1. The van der Waals surface area contributed by atoms with Crippen LogP contribution in [0.1, 0.15) is 31.7 Å². The Hall–Kier alpha value is -2.57. The molecule has 2 unspecified atom stereocenters. The molecular weight excluding hydrogens is 412 g/mol. The first kappa shape index (κ1) is 20.7. The number of carbonyl (C=O) groups excluding carboxylic acids is 2. The molecule has 4 nitrogen and oxygen atoms in total. The molecule has 1 fully saturated rings. The quantitative estimate of drug-likeness (QED) is 0.611. The van der Waals surface area contributed by atoms with E-state index in [2.05, 4.69) is 17.4 Å². The van der Waals surface area contributed by atoms with Crippen LogP contribution >= 0.6 is 23.1 Å². The molecule has 0 saturated carbocycles. The van der Waals surface area contributed by atoms with Gasteiger partial charge in [0, 0.05) is 22.7 Å². The number of hydrogen-bond acceptors (Lipinski definition) is 4. The molecule has 2 aromatic carbocycles. The van der Waals surface area contributed by atoms with Crippen molar-refractivity contribution in [3.8, 4) is 0 Å². The van der Waals surface area contributed by atoms with E-state index in [1.807, 2.05) is 66.9 Å². The number of hydrogen-bond donors (Lipinski definition) is 1. The molecule has 1 aliphatic rings. The van der Waals surface area contributed by atoms with Crippen LogP contribution in [0.2, 0.25) is 0 Å². The first-order chi connectivity index (χ1) is 14.6. The molecule has 154 valence electrons. The van der Waals surface area contributed by atoms with E-state index in [1.165, 1.54) is 5.56 Å². The Labute approximate surface area is 185 Å². The van der Waals surface area contributed by atoms with Gasteiger partial charge in [0.1, 0.15) is 11.4 Å². The van der Waals surface area contributed by atoms with Crippen molar-refractivity contribution in [2.24, 2.45) is 0 Å². The minimum atomic E-state index is -0.482. The molecule has 1 saturated heterocycles. The van der Waals surface area contributed by atoms with Gasteiger partial charge in [0.15, 0.2) is 0 Å². The van der Waals surface area contributed by atoms with Crippen molar-refractivity contribution >= 4 is 34.9 Å². The highest BCUT2D eigenvalue weighted by atomic mass is 32.2. The summed E-state index contributed by atoms with van der Waals surface area (Å²) in [5.41, 5.74) is 2.76. The van der Waals surface area contributed by atoms with E-state index in [-0.39, 0.29) is 17.2 Å². The molecule has 4 rings (SSSR count). The van der Waals surface area contributed by atoms with E-state index in [1.54, 1.807) is 28.0 Å². The highest BCUT2D eigenvalue weighted by Crippen LogP contribution is 2.44. The van der Waals surface area contributed by atoms with Crippen molar-refractivity contribution in [3.05, 3.63) is 93.7 Å². The van der Waals surface area contributed by atoms with E-state index < -0.39 is 6.04 Å². The summed E-state index contributed by atoms with van der Waals surface area (Å²) >= 11 is 3.28. The van der Waals surface area contributed by atoms with Crippen LogP contribution in [0.25, 0.3) is 0 Å². The monoisotopic (exact) mass is 436 g/mol. The maximum atomic E-state index is 13.5. The summed E-state index contributed by atoms with van der Waals surface area (Å²) in [6, 6.07) is 21.2. The maximum absolute atomic E-state index is 13.5. The molecule has 0 spiro atoms. The molecule has 1 N–H and O–H groups in total. The van der Waals surface area contributed by atoms with Gasteiger partial charge < -0.3 is 10.2 Å². The van der Waals surface area contributed by atoms with Gasteiger partial charge in [-0.1, -0.05) is 54.6 Å². The highest BCUT2D eigenvalue weighted by Gasteiger charge is 2.43. The molecule has 0 bridgehead atoms. The fourth-order valence-electron chi connectivity index (χ4n) is 3.65. The van der Waals surface area contributed by atoms with Crippen LogP contribution in [-0.4, -0.2) is 35.1 Å². The lowest BCUT2D eigenvalue weighted by atomic mass is 10.1. The predicted molar refractivity (Wildman–Crippen MR) is 124 cm³/mol. The first-order valence-electron chi connectivity index (χ1n) is 10.00. The van der Waals surface area contributed by atoms with Crippen molar-refractivity contribution in [2.45, 2.75) is 24.8 Å². The van der Waals surface area contributed by atoms with Crippen molar-refractivity contribution in [1.82, 2.24) is 10.2 Å². The Morgan fingerprint density at radius 3 is 2.53 bits per heavy atom. The number of thioether (sulfide) groups is 1. The zero-order valence-corrected chi connectivity index (χ0v) is 18.4. The summed E-state index contributed by atoms with van der Waals surface area (Å²) in [6.45, 7) is 2.49. The highest BCUT2D eigenvalue weighted by molar-refractivity contribution is 7.99. The zero-order valence-electron chi connectivity index (χ0n) is 16.8. The summed E-state index contributed by atoms with van der Waals surface area (Å²) in [6.07, 6.45) is 0.770. The van der Waals surface area contributed by atoms with Crippen molar-refractivity contribution < 1.29 is 9.59 Å². The molecule has 0 radical (unpaired) electrons. The lowest BCUT2D eigenvalue weighted by Crippen LogP contribution is -2.48. The van der Waals surface area contributed by atoms with Gasteiger partial charge in [-0.2, -0.15) is 0 Å². The van der Waals surface area contributed by atoms with Crippen molar-refractivity contribution in [1.29, 1.82) is 0 Å². The normalized spacial score (nSPS) is 18.4. The average Bonchev–Trinajstić information content (AvgIpc) is 3.44. The number of rotatable bonds is 6. The topological polar surface area (TPSA) is 49.4 Å². The van der Waals surface area contributed by atoms with Crippen LogP contribution < -0.4 is 5.32 Å². The number of benzene rings is 2. The molecule has 3 aromatic rings. The molecule has 2 atom stereocenters. The molecule has 6 heteroatoms. The largest absolute Gasteiger partial charge is 0.354 e. The van der Waals surface area contributed by atoms with Crippen LogP contribution in [0.4, 0.5) is 0 Å². The van der Waals surface area contributed by atoms with Crippen molar-refractivity contribution in [2.75, 3.05) is 12.3 Å². The van der Waals surface area contributed by atoms with Crippen LogP contribution in [0.3, 0.4) is 0 Å². The Bertz CT molecular complexity index is 1010. The Kier molecular flexibility index (Phi) is 6.55. The van der Waals surface area contributed by atoms with Gasteiger partial charge in [-0.15, -0.1) is 23.1 Å². The minimum absolute atomic E-state index is 0.0836. The number of thiophene rings is 1. The second-order valence-electron chi connectivity index (χ2n) is 7.27. The number of nitrogens with zero attached hydrogens (tertiary/aromatic N) is 1. The maximum Gasteiger partial charge on any atom is 0.256 e. The van der Waals surface area contributed by atoms with Gasteiger partial charge in [0.2, 0.25) is 5.91 Å². The molecule has 2 amide bonds. The number of amides is 2. The van der Waals surface area contributed by atoms with E-state index in [4.69, 9.17) is 0 Å². The van der Waals surface area contributed by atoms with Gasteiger partial charge in [-0.25, -0.2) is 0 Å². The van der Waals surface area contributed by atoms with Gasteiger partial charge in [0.05, 0.1) is 0 Å². The standard InChI is InChI=1S/C24H24N2O2S2/c1-17-8-5-6-11-19(17)23(28)26-20(16-30-24(26)21-12-7-15-29-21)22(27)25-14-13-18-9-3-2-4-10-18/h2-12,15,20,24H,13-14,16H2,1H3,(H,25,27). The molecule has 2 heterocycles. The summed E-state index contributed by atoms with van der Waals surface area (Å²) in [4.78, 5) is 29.5. The minimum Gasteiger partial charge on any atom is -0.354 e. The van der Waals surface area contributed by atoms with Gasteiger partial charge in [-0.05, 0) is 42.0 Å². The van der Waals surface area contributed by atoms with Gasteiger partial charge in [-0.3, -0.25) is 9.59 Å². The fourth-order valence-corrected chi connectivity index (χ4v) is 6.05. The van der Waals surface area contributed by atoms with Crippen LogP contribution in [0.15, 0.2) is 72.1 Å². The van der Waals surface area contributed by atoms with Crippen LogP contribution in [-0.2, 0) is 11.2 Å². The number of carbonyl (C=O) groups is 2. The smallest absolute Gasteiger partial charge is 0.256 e. The predicted octanol–water partition coefficient (Wildman–Crippen LogP) is 4.67. The lowest BCUT2D eigenvalue weighted by molar-refractivity contribution is -0.124. The molecule has 0 aliphatic carbocycles. The average molecular weight is 437 g/mol. The Morgan fingerprint density at radius 2 is 1.80 bits per heavy atom. The first-order valence-corrected chi connectivity index (χ1v) is 11.9. The third-order valence-corrected chi connectivity index (χ3v) is 7.63. The van der Waals surface area contributed by atoms with Gasteiger partial charge in [0.25, 0.3) is 5.91 Å². The second-order valence-corrected chi connectivity index (χ2v) is 9.36. The van der Waals surface area contributed by atoms with Gasteiger partial charge >= 0.3 is 0 Å². The van der Waals surface area contributed by atoms with Crippen LogP contribution in [0, 0.1) is 6.92 Å². The summed E-state index contributed by atoms with van der Waals surface area (Å²) in [5.74, 6) is 0.427. The molecule has 1 aromatic heterocycles. The Morgan fingerprint density at radius 1 is 1.03 bits per heavy atom. The molecular formula is C24H24N2O2S2. The second kappa shape index (κ2) is 9.49. The van der Waals surface area contributed by atoms with Crippen LogP contribution in [0.5, 0.6) is 0 Å².